The number of hydrogen-bond donors (Lipinski definition) is 1. The van der Waals surface area contributed by atoms with Gasteiger partial charge in [-0.3, -0.25) is 9.59 Å². The molecule has 1 fully saturated rings. The number of likely N-dealkylation sites (tertiary alicyclic amines) is 1. The summed E-state index contributed by atoms with van der Waals surface area (Å²) >= 11 is 3.50. The molecular weight excluding hydrogens is 324 g/mol. The summed E-state index contributed by atoms with van der Waals surface area (Å²) in [4.78, 5) is 36.4. The predicted molar refractivity (Wildman–Crippen MR) is 78.1 cm³/mol. The molecule has 1 unspecified atom stereocenters. The third kappa shape index (κ3) is 2.85. The Morgan fingerprint density at radius 1 is 1.60 bits per heavy atom. The minimum absolute atomic E-state index is 0.106. The lowest BCUT2D eigenvalue weighted by atomic mass is 10.0. The molecule has 0 radical (unpaired) electrons. The van der Waals surface area contributed by atoms with Gasteiger partial charge in [-0.15, -0.1) is 0 Å². The third-order valence-corrected chi connectivity index (χ3v) is 4.56. The Kier molecular flexibility index (Phi) is 4.75. The van der Waals surface area contributed by atoms with E-state index in [1.807, 2.05) is 6.08 Å². The number of amides is 2. The molecule has 0 aromatic heterocycles. The topological polar surface area (TPSA) is 66.5 Å². The van der Waals surface area contributed by atoms with Crippen molar-refractivity contribution in [2.45, 2.75) is 31.7 Å². The molecule has 2 aliphatic rings. The maximum Gasteiger partial charge on any atom is 0.254 e. The van der Waals surface area contributed by atoms with Crippen molar-refractivity contribution in [3.8, 4) is 0 Å². The molecule has 0 aromatic carbocycles. The van der Waals surface area contributed by atoms with Crippen LogP contribution in [0.5, 0.6) is 0 Å². The van der Waals surface area contributed by atoms with E-state index in [2.05, 4.69) is 21.2 Å². The molecular formula is C14H17BrN2O3. The number of nitrogens with zero attached hydrogens (tertiary/aromatic N) is 1. The molecule has 6 heteroatoms. The third-order valence-electron chi connectivity index (χ3n) is 3.69. The Morgan fingerprint density at radius 3 is 2.95 bits per heavy atom. The van der Waals surface area contributed by atoms with Gasteiger partial charge in [0.1, 0.15) is 6.29 Å². The molecule has 2 rings (SSSR count). The van der Waals surface area contributed by atoms with Gasteiger partial charge in [-0.25, -0.2) is 0 Å². The standard InChI is InChI=1S/C14H17BrN2O3/c1-16-13(19)6-5-9(8-18)17-7-11-10(14(17)20)3-2-4-12(11)15/h3,8-9H,2,4-7H2,1H3,(H,16,19). The second-order valence-electron chi connectivity index (χ2n) is 4.89. The molecule has 1 aliphatic heterocycles. The van der Waals surface area contributed by atoms with E-state index in [0.717, 1.165) is 29.2 Å². The summed E-state index contributed by atoms with van der Waals surface area (Å²) in [5.74, 6) is -0.230. The molecule has 0 bridgehead atoms. The van der Waals surface area contributed by atoms with E-state index in [1.165, 1.54) is 0 Å². The van der Waals surface area contributed by atoms with Crippen LogP contribution in [0.15, 0.2) is 21.7 Å². The summed E-state index contributed by atoms with van der Waals surface area (Å²) in [5, 5.41) is 2.52. The number of carbonyl (C=O) groups excluding carboxylic acids is 3. The molecule has 1 N–H and O–H groups in total. The number of carbonyl (C=O) groups is 3. The van der Waals surface area contributed by atoms with Crippen LogP contribution in [-0.2, 0) is 14.4 Å². The molecule has 0 aromatic rings. The number of nitrogens with one attached hydrogen (secondary N) is 1. The Hall–Kier alpha value is -1.43. The molecule has 1 atom stereocenters. The first kappa shape index (κ1) is 15.0. The number of rotatable bonds is 5. The van der Waals surface area contributed by atoms with Gasteiger partial charge in [0.2, 0.25) is 5.91 Å². The largest absolute Gasteiger partial charge is 0.359 e. The first-order valence-corrected chi connectivity index (χ1v) is 7.42. The second-order valence-corrected chi connectivity index (χ2v) is 5.85. The number of halogens is 1. The fourth-order valence-corrected chi connectivity index (χ4v) is 3.08. The van der Waals surface area contributed by atoms with Crippen molar-refractivity contribution in [3.05, 3.63) is 21.7 Å². The van der Waals surface area contributed by atoms with Gasteiger partial charge in [0, 0.05) is 30.1 Å². The van der Waals surface area contributed by atoms with Crippen molar-refractivity contribution >= 4 is 34.0 Å². The van der Waals surface area contributed by atoms with Crippen LogP contribution in [0, 0.1) is 0 Å². The van der Waals surface area contributed by atoms with Crippen molar-refractivity contribution in [1.82, 2.24) is 10.2 Å². The van der Waals surface area contributed by atoms with Crippen molar-refractivity contribution < 1.29 is 14.4 Å². The number of fused-ring (bicyclic) bond motifs is 1. The van der Waals surface area contributed by atoms with Gasteiger partial charge in [-0.1, -0.05) is 22.0 Å². The summed E-state index contributed by atoms with van der Waals surface area (Å²) in [6.07, 6.45) is 5.01. The van der Waals surface area contributed by atoms with Gasteiger partial charge in [-0.05, 0) is 24.8 Å². The van der Waals surface area contributed by atoms with Crippen molar-refractivity contribution in [1.29, 1.82) is 0 Å². The summed E-state index contributed by atoms with van der Waals surface area (Å²) in [6, 6.07) is -0.543. The average Bonchev–Trinajstić information content (AvgIpc) is 2.79. The highest BCUT2D eigenvalue weighted by atomic mass is 79.9. The minimum atomic E-state index is -0.543. The Morgan fingerprint density at radius 2 is 2.35 bits per heavy atom. The highest BCUT2D eigenvalue weighted by Gasteiger charge is 2.37. The normalized spacial score (nSPS) is 19.6. The zero-order valence-corrected chi connectivity index (χ0v) is 12.9. The first-order chi connectivity index (χ1) is 9.58. The highest BCUT2D eigenvalue weighted by Crippen LogP contribution is 2.36. The van der Waals surface area contributed by atoms with Crippen molar-refractivity contribution in [3.63, 3.8) is 0 Å². The van der Waals surface area contributed by atoms with E-state index < -0.39 is 6.04 Å². The van der Waals surface area contributed by atoms with E-state index in [0.29, 0.717) is 18.5 Å². The molecule has 1 aliphatic carbocycles. The van der Waals surface area contributed by atoms with E-state index in [-0.39, 0.29) is 18.2 Å². The van der Waals surface area contributed by atoms with Gasteiger partial charge in [0.25, 0.3) is 5.91 Å². The highest BCUT2D eigenvalue weighted by molar-refractivity contribution is 9.11. The second kappa shape index (κ2) is 6.35. The van der Waals surface area contributed by atoms with E-state index in [1.54, 1.807) is 11.9 Å². The minimum Gasteiger partial charge on any atom is -0.359 e. The van der Waals surface area contributed by atoms with Crippen LogP contribution >= 0.6 is 15.9 Å². The molecule has 5 nitrogen and oxygen atoms in total. The van der Waals surface area contributed by atoms with Crippen LogP contribution < -0.4 is 5.32 Å². The van der Waals surface area contributed by atoms with Crippen molar-refractivity contribution in [2.75, 3.05) is 13.6 Å². The molecule has 0 spiro atoms. The van der Waals surface area contributed by atoms with Crippen LogP contribution in [0.3, 0.4) is 0 Å². The lowest BCUT2D eigenvalue weighted by molar-refractivity contribution is -0.131. The summed E-state index contributed by atoms with van der Waals surface area (Å²) < 4.78 is 1.04. The maximum atomic E-state index is 12.3. The van der Waals surface area contributed by atoms with Crippen LogP contribution in [-0.4, -0.2) is 42.6 Å². The van der Waals surface area contributed by atoms with E-state index in [9.17, 15) is 14.4 Å². The fraction of sp³-hybridized carbons (Fsp3) is 0.500. The summed E-state index contributed by atoms with van der Waals surface area (Å²) in [6.45, 7) is 0.447. The lowest BCUT2D eigenvalue weighted by Gasteiger charge is -2.22. The monoisotopic (exact) mass is 340 g/mol. The lowest BCUT2D eigenvalue weighted by Crippen LogP contribution is -2.38. The van der Waals surface area contributed by atoms with Crippen LogP contribution in [0.1, 0.15) is 25.7 Å². The zero-order valence-electron chi connectivity index (χ0n) is 11.3. The number of allylic oxidation sites excluding steroid dienone is 2. The SMILES string of the molecule is CNC(=O)CCC(C=O)N1CC2=C(Br)CCC=C2C1=O. The summed E-state index contributed by atoms with van der Waals surface area (Å²) in [7, 11) is 1.56. The Bertz CT molecular complexity index is 511. The predicted octanol–water partition coefficient (Wildman–Crippen LogP) is 1.29. The van der Waals surface area contributed by atoms with Gasteiger partial charge in [0.15, 0.2) is 0 Å². The molecule has 1 saturated heterocycles. The molecule has 0 saturated carbocycles. The van der Waals surface area contributed by atoms with Crippen LogP contribution in [0.25, 0.3) is 0 Å². The number of aldehydes is 1. The number of hydrogen-bond acceptors (Lipinski definition) is 3. The van der Waals surface area contributed by atoms with Gasteiger partial charge < -0.3 is 15.0 Å². The maximum absolute atomic E-state index is 12.3. The van der Waals surface area contributed by atoms with E-state index in [4.69, 9.17) is 0 Å². The van der Waals surface area contributed by atoms with E-state index >= 15 is 0 Å². The first-order valence-electron chi connectivity index (χ1n) is 6.63. The Labute approximate surface area is 126 Å². The zero-order chi connectivity index (χ0) is 14.7. The van der Waals surface area contributed by atoms with Gasteiger partial charge >= 0.3 is 0 Å². The van der Waals surface area contributed by atoms with Crippen LogP contribution in [0.2, 0.25) is 0 Å². The van der Waals surface area contributed by atoms with Gasteiger partial charge in [0.05, 0.1) is 6.04 Å². The fourth-order valence-electron chi connectivity index (χ4n) is 2.52. The van der Waals surface area contributed by atoms with Crippen molar-refractivity contribution in [2.24, 2.45) is 0 Å². The average molecular weight is 341 g/mol. The molecule has 20 heavy (non-hydrogen) atoms. The quantitative estimate of drug-likeness (QED) is 0.767. The molecule has 1 heterocycles. The smallest absolute Gasteiger partial charge is 0.254 e. The molecule has 2 amide bonds. The molecule has 108 valence electrons. The Balaban J connectivity index is 2.12. The van der Waals surface area contributed by atoms with Crippen LogP contribution in [0.4, 0.5) is 0 Å². The van der Waals surface area contributed by atoms with Gasteiger partial charge in [-0.2, -0.15) is 0 Å². The summed E-state index contributed by atoms with van der Waals surface area (Å²) in [5.41, 5.74) is 1.68.